The molecule has 0 radical (unpaired) electrons. The fourth-order valence-electron chi connectivity index (χ4n) is 2.62. The number of alkyl halides is 2. The summed E-state index contributed by atoms with van der Waals surface area (Å²) in [6, 6.07) is 0. The highest BCUT2D eigenvalue weighted by Crippen LogP contribution is 2.24. The van der Waals surface area contributed by atoms with Gasteiger partial charge in [0.2, 0.25) is 0 Å². The van der Waals surface area contributed by atoms with E-state index < -0.39 is 11.8 Å². The first-order valence-corrected chi connectivity index (χ1v) is 7.74. The number of halogens is 2. The molecule has 19 heavy (non-hydrogen) atoms. The first-order chi connectivity index (χ1) is 8.96. The fourth-order valence-corrected chi connectivity index (χ4v) is 2.62. The maximum absolute atomic E-state index is 13.2. The molecule has 4 heteroatoms. The molecule has 0 aliphatic carbocycles. The van der Waals surface area contributed by atoms with Crippen molar-refractivity contribution in [1.29, 1.82) is 0 Å². The molecule has 0 saturated carbocycles. The molecule has 2 rings (SSSR count). The van der Waals surface area contributed by atoms with Gasteiger partial charge >= 0.3 is 0 Å². The van der Waals surface area contributed by atoms with Gasteiger partial charge in [-0.15, -0.1) is 0 Å². The van der Waals surface area contributed by atoms with Gasteiger partial charge in [-0.3, -0.25) is 0 Å². The average molecular weight is 276 g/mol. The quantitative estimate of drug-likeness (QED) is 0.764. The van der Waals surface area contributed by atoms with Crippen molar-refractivity contribution in [2.45, 2.75) is 58.3 Å². The lowest BCUT2D eigenvalue weighted by Gasteiger charge is -2.33. The van der Waals surface area contributed by atoms with E-state index in [2.05, 4.69) is 23.6 Å². The van der Waals surface area contributed by atoms with Gasteiger partial charge in [-0.25, -0.2) is 8.78 Å². The molecule has 2 nitrogen and oxygen atoms in total. The molecule has 2 fully saturated rings. The van der Waals surface area contributed by atoms with E-state index in [0.717, 1.165) is 45.6 Å². The van der Waals surface area contributed by atoms with Gasteiger partial charge in [0.05, 0.1) is 0 Å². The van der Waals surface area contributed by atoms with E-state index in [1.54, 1.807) is 6.92 Å². The largest absolute Gasteiger partial charge is 0.303 e. The van der Waals surface area contributed by atoms with Crippen LogP contribution in [0.1, 0.15) is 46.5 Å². The highest BCUT2D eigenvalue weighted by molar-refractivity contribution is 4.81. The van der Waals surface area contributed by atoms with Gasteiger partial charge in [-0.05, 0) is 52.2 Å². The summed E-state index contributed by atoms with van der Waals surface area (Å²) in [7, 11) is 0. The van der Waals surface area contributed by atoms with Crippen LogP contribution >= 0.6 is 0 Å². The molecule has 1 atom stereocenters. The second-order valence-electron chi connectivity index (χ2n) is 5.98. The molecule has 2 aliphatic heterocycles. The number of rotatable bonds is 2. The minimum atomic E-state index is -0.883. The minimum absolute atomic E-state index is 0.557. The fraction of sp³-hybridized carbons (Fsp3) is 1.00. The Kier molecular flexibility index (Phi) is 7.22. The lowest BCUT2D eigenvalue weighted by molar-refractivity contribution is 0.0770. The van der Waals surface area contributed by atoms with Crippen molar-refractivity contribution in [3.8, 4) is 0 Å². The molecule has 0 spiro atoms. The maximum atomic E-state index is 13.2. The molecule has 114 valence electrons. The normalized spacial score (nSPS) is 28.6. The van der Waals surface area contributed by atoms with Crippen molar-refractivity contribution in [3.63, 3.8) is 0 Å². The number of hydrogen-bond donors (Lipinski definition) is 0. The summed E-state index contributed by atoms with van der Waals surface area (Å²) in [4.78, 5) is 4.45. The topological polar surface area (TPSA) is 6.48 Å². The van der Waals surface area contributed by atoms with E-state index in [4.69, 9.17) is 0 Å². The number of likely N-dealkylation sites (tertiary alicyclic amines) is 2. The zero-order valence-electron chi connectivity index (χ0n) is 12.8. The Morgan fingerprint density at radius 1 is 1.05 bits per heavy atom. The second kappa shape index (κ2) is 8.15. The first-order valence-electron chi connectivity index (χ1n) is 7.74. The highest BCUT2D eigenvalue weighted by atomic mass is 19.1. The zero-order valence-corrected chi connectivity index (χ0v) is 12.8. The average Bonchev–Trinajstić information content (AvgIpc) is 2.39. The smallest absolute Gasteiger partial charge is 0.113 e. The summed E-state index contributed by atoms with van der Waals surface area (Å²) >= 11 is 0. The zero-order chi connectivity index (χ0) is 14.3. The standard InChI is InChI=1S/C8H16FN.C7H14FN/c1-3-10-6-4-8(2,9)5-7-10;1-2-9-5-3-4-7(8)6-9/h3-7H2,1-2H3;7H,2-6H2,1H3. The van der Waals surface area contributed by atoms with Crippen molar-refractivity contribution in [1.82, 2.24) is 9.80 Å². The van der Waals surface area contributed by atoms with Crippen LogP contribution in [0.25, 0.3) is 0 Å². The van der Waals surface area contributed by atoms with Gasteiger partial charge in [0.15, 0.2) is 0 Å². The third kappa shape index (κ3) is 6.66. The lowest BCUT2D eigenvalue weighted by atomic mass is 9.96. The third-order valence-electron chi connectivity index (χ3n) is 4.24. The predicted octanol–water partition coefficient (Wildman–Crippen LogP) is 3.27. The highest BCUT2D eigenvalue weighted by Gasteiger charge is 2.28. The second-order valence-corrected chi connectivity index (χ2v) is 5.98. The Labute approximate surface area is 117 Å². The third-order valence-corrected chi connectivity index (χ3v) is 4.24. The van der Waals surface area contributed by atoms with Gasteiger partial charge < -0.3 is 9.80 Å². The number of piperidine rings is 2. The molecule has 0 N–H and O–H groups in total. The van der Waals surface area contributed by atoms with Crippen LogP contribution in [-0.4, -0.2) is 60.9 Å². The first kappa shape index (κ1) is 16.8. The summed E-state index contributed by atoms with van der Waals surface area (Å²) in [6.07, 6.45) is 2.67. The van der Waals surface area contributed by atoms with E-state index in [-0.39, 0.29) is 0 Å². The van der Waals surface area contributed by atoms with Crippen LogP contribution in [0.15, 0.2) is 0 Å². The van der Waals surface area contributed by atoms with Crippen LogP contribution in [0.2, 0.25) is 0 Å². The Bertz CT molecular complexity index is 236. The van der Waals surface area contributed by atoms with E-state index >= 15 is 0 Å². The van der Waals surface area contributed by atoms with Gasteiger partial charge in [0.25, 0.3) is 0 Å². The van der Waals surface area contributed by atoms with Crippen LogP contribution in [0.5, 0.6) is 0 Å². The van der Waals surface area contributed by atoms with E-state index in [1.807, 2.05) is 0 Å². The molecule has 0 aromatic rings. The molecule has 0 aromatic heterocycles. The number of nitrogens with zero attached hydrogens (tertiary/aromatic N) is 2. The number of hydrogen-bond acceptors (Lipinski definition) is 2. The van der Waals surface area contributed by atoms with Gasteiger partial charge in [-0.1, -0.05) is 13.8 Å². The van der Waals surface area contributed by atoms with Gasteiger partial charge in [0.1, 0.15) is 11.8 Å². The molecule has 2 saturated heterocycles. The Hall–Kier alpha value is -0.220. The molecule has 0 amide bonds. The monoisotopic (exact) mass is 276 g/mol. The summed E-state index contributed by atoms with van der Waals surface area (Å²) in [5, 5.41) is 0. The molecule has 0 aromatic carbocycles. The van der Waals surface area contributed by atoms with Crippen LogP contribution < -0.4 is 0 Å². The minimum Gasteiger partial charge on any atom is -0.303 e. The molecule has 1 unspecified atom stereocenters. The van der Waals surface area contributed by atoms with Crippen molar-refractivity contribution in [3.05, 3.63) is 0 Å². The molecule has 2 heterocycles. The maximum Gasteiger partial charge on any atom is 0.113 e. The van der Waals surface area contributed by atoms with E-state index in [0.29, 0.717) is 19.4 Å². The molecular formula is C15H30F2N2. The van der Waals surface area contributed by atoms with Crippen LogP contribution in [0.4, 0.5) is 8.78 Å². The van der Waals surface area contributed by atoms with Gasteiger partial charge in [-0.2, -0.15) is 0 Å². The van der Waals surface area contributed by atoms with Crippen LogP contribution in [0, 0.1) is 0 Å². The van der Waals surface area contributed by atoms with Crippen LogP contribution in [-0.2, 0) is 0 Å². The van der Waals surface area contributed by atoms with Crippen molar-refractivity contribution in [2.24, 2.45) is 0 Å². The SMILES string of the molecule is CCN1CCC(C)(F)CC1.CCN1CCCC(F)C1. The van der Waals surface area contributed by atoms with Crippen molar-refractivity contribution in [2.75, 3.05) is 39.3 Å². The summed E-state index contributed by atoms with van der Waals surface area (Å²) in [6.45, 7) is 11.6. The Morgan fingerprint density at radius 2 is 1.63 bits per heavy atom. The molecule has 2 aliphatic rings. The summed E-state index contributed by atoms with van der Waals surface area (Å²) in [5.74, 6) is 0. The van der Waals surface area contributed by atoms with E-state index in [9.17, 15) is 8.78 Å². The van der Waals surface area contributed by atoms with Crippen molar-refractivity contribution < 1.29 is 8.78 Å². The van der Waals surface area contributed by atoms with Crippen LogP contribution in [0.3, 0.4) is 0 Å². The van der Waals surface area contributed by atoms with Gasteiger partial charge in [0, 0.05) is 19.6 Å². The Balaban J connectivity index is 0.000000191. The summed E-state index contributed by atoms with van der Waals surface area (Å²) < 4.78 is 25.7. The molecular weight excluding hydrogens is 246 g/mol. The van der Waals surface area contributed by atoms with Crippen molar-refractivity contribution >= 4 is 0 Å². The summed E-state index contributed by atoms with van der Waals surface area (Å²) in [5.41, 5.74) is -0.883. The lowest BCUT2D eigenvalue weighted by Crippen LogP contribution is -2.39. The predicted molar refractivity (Wildman–Crippen MR) is 77.1 cm³/mol. The van der Waals surface area contributed by atoms with E-state index in [1.165, 1.54) is 0 Å². The molecule has 0 bridgehead atoms. The Morgan fingerprint density at radius 3 is 2.05 bits per heavy atom.